The van der Waals surface area contributed by atoms with Crippen molar-refractivity contribution in [1.82, 2.24) is 4.90 Å². The van der Waals surface area contributed by atoms with Gasteiger partial charge >= 0.3 is 0 Å². The Kier molecular flexibility index (Phi) is 4.26. The summed E-state index contributed by atoms with van der Waals surface area (Å²) >= 11 is 0. The fraction of sp³-hybridized carbons (Fsp3) is 0.294. The van der Waals surface area contributed by atoms with Crippen LogP contribution in [0.4, 0.5) is 0 Å². The molecule has 110 valence electrons. The van der Waals surface area contributed by atoms with Gasteiger partial charge in [0.1, 0.15) is 0 Å². The first kappa shape index (κ1) is 15.0. The average molecular weight is 285 g/mol. The molecule has 1 aromatic carbocycles. The molecule has 4 heteroatoms. The van der Waals surface area contributed by atoms with Crippen molar-refractivity contribution < 1.29 is 14.0 Å². The molecule has 2 aromatic rings. The highest BCUT2D eigenvalue weighted by molar-refractivity contribution is 6.03. The van der Waals surface area contributed by atoms with E-state index in [4.69, 9.17) is 4.42 Å². The lowest BCUT2D eigenvalue weighted by Gasteiger charge is -2.23. The summed E-state index contributed by atoms with van der Waals surface area (Å²) in [6, 6.07) is 8.27. The third-order valence-electron chi connectivity index (χ3n) is 3.80. The van der Waals surface area contributed by atoms with Crippen molar-refractivity contribution in [3.63, 3.8) is 0 Å². The summed E-state index contributed by atoms with van der Waals surface area (Å²) in [5.41, 5.74) is 2.82. The summed E-state index contributed by atoms with van der Waals surface area (Å²) in [5, 5.41) is 0. The Morgan fingerprint density at radius 1 is 1.14 bits per heavy atom. The van der Waals surface area contributed by atoms with Gasteiger partial charge in [0, 0.05) is 12.6 Å². The SMILES string of the molecule is Cc1ccc(C(=O)C(C)N(C)C(=O)c2ccco2)cc1C. The van der Waals surface area contributed by atoms with Gasteiger partial charge in [-0.2, -0.15) is 0 Å². The predicted molar refractivity (Wildman–Crippen MR) is 80.5 cm³/mol. The first-order valence-electron chi connectivity index (χ1n) is 6.84. The topological polar surface area (TPSA) is 50.5 Å². The Morgan fingerprint density at radius 2 is 1.86 bits per heavy atom. The molecular weight excluding hydrogens is 266 g/mol. The van der Waals surface area contributed by atoms with E-state index in [1.165, 1.54) is 11.2 Å². The van der Waals surface area contributed by atoms with Crippen molar-refractivity contribution in [3.05, 3.63) is 59.0 Å². The van der Waals surface area contributed by atoms with Gasteiger partial charge in [-0.15, -0.1) is 0 Å². The summed E-state index contributed by atoms with van der Waals surface area (Å²) in [6.07, 6.45) is 1.44. The molecule has 0 aliphatic heterocycles. The van der Waals surface area contributed by atoms with E-state index in [0.717, 1.165) is 11.1 Å². The minimum atomic E-state index is -0.551. The molecule has 0 fully saturated rings. The number of carbonyl (C=O) groups is 2. The minimum Gasteiger partial charge on any atom is -0.459 e. The van der Waals surface area contributed by atoms with E-state index in [-0.39, 0.29) is 17.5 Å². The maximum absolute atomic E-state index is 12.5. The van der Waals surface area contributed by atoms with Crippen molar-refractivity contribution in [3.8, 4) is 0 Å². The number of ketones is 1. The molecule has 4 nitrogen and oxygen atoms in total. The largest absolute Gasteiger partial charge is 0.459 e. The molecule has 0 aliphatic carbocycles. The number of aryl methyl sites for hydroxylation is 2. The molecule has 1 aromatic heterocycles. The molecule has 0 saturated carbocycles. The van der Waals surface area contributed by atoms with Gasteiger partial charge < -0.3 is 9.32 Å². The van der Waals surface area contributed by atoms with Gasteiger partial charge in [-0.3, -0.25) is 9.59 Å². The zero-order valence-corrected chi connectivity index (χ0v) is 12.7. The van der Waals surface area contributed by atoms with Crippen LogP contribution < -0.4 is 0 Å². The maximum atomic E-state index is 12.5. The number of nitrogens with zero attached hydrogens (tertiary/aromatic N) is 1. The number of carbonyl (C=O) groups excluding carboxylic acids is 2. The number of Topliss-reactive ketones (excluding diaryl/α,β-unsaturated/α-hetero) is 1. The molecule has 0 aliphatic rings. The lowest BCUT2D eigenvalue weighted by atomic mass is 10.00. The quantitative estimate of drug-likeness (QED) is 0.810. The highest BCUT2D eigenvalue weighted by Crippen LogP contribution is 2.15. The second kappa shape index (κ2) is 5.95. The van der Waals surface area contributed by atoms with E-state index in [0.29, 0.717) is 5.56 Å². The molecule has 0 N–H and O–H groups in total. The molecule has 1 atom stereocenters. The summed E-state index contributed by atoms with van der Waals surface area (Å²) in [5.74, 6) is -0.151. The van der Waals surface area contributed by atoms with Gasteiger partial charge in [0.25, 0.3) is 5.91 Å². The van der Waals surface area contributed by atoms with Crippen molar-refractivity contribution in [2.75, 3.05) is 7.05 Å². The van der Waals surface area contributed by atoms with E-state index >= 15 is 0 Å². The fourth-order valence-corrected chi connectivity index (χ4v) is 2.06. The van der Waals surface area contributed by atoms with Gasteiger partial charge in [-0.25, -0.2) is 0 Å². The standard InChI is InChI=1S/C17H19NO3/c1-11-7-8-14(10-12(11)2)16(19)13(3)18(4)17(20)15-6-5-9-21-15/h5-10,13H,1-4H3. The number of amides is 1. The Hall–Kier alpha value is -2.36. The van der Waals surface area contributed by atoms with E-state index in [1.807, 2.05) is 26.0 Å². The molecule has 1 amide bonds. The monoisotopic (exact) mass is 285 g/mol. The predicted octanol–water partition coefficient (Wildman–Crippen LogP) is 3.24. The molecule has 0 spiro atoms. The summed E-state index contributed by atoms with van der Waals surface area (Å²) in [7, 11) is 1.61. The molecule has 2 rings (SSSR count). The van der Waals surface area contributed by atoms with Crippen LogP contribution >= 0.6 is 0 Å². The maximum Gasteiger partial charge on any atom is 0.289 e. The van der Waals surface area contributed by atoms with Crippen molar-refractivity contribution in [2.24, 2.45) is 0 Å². The molecule has 1 unspecified atom stereocenters. The highest BCUT2D eigenvalue weighted by Gasteiger charge is 2.25. The van der Waals surface area contributed by atoms with Gasteiger partial charge in [0.2, 0.25) is 0 Å². The number of benzene rings is 1. The second-order valence-electron chi connectivity index (χ2n) is 5.23. The van der Waals surface area contributed by atoms with Crippen molar-refractivity contribution >= 4 is 11.7 Å². The van der Waals surface area contributed by atoms with Gasteiger partial charge in [-0.05, 0) is 50.1 Å². The van der Waals surface area contributed by atoms with E-state index in [9.17, 15) is 9.59 Å². The average Bonchev–Trinajstić information content (AvgIpc) is 3.01. The first-order valence-corrected chi connectivity index (χ1v) is 6.84. The molecule has 1 heterocycles. The van der Waals surface area contributed by atoms with Gasteiger partial charge in [0.05, 0.1) is 12.3 Å². The summed E-state index contributed by atoms with van der Waals surface area (Å²) in [6.45, 7) is 5.69. The zero-order valence-electron chi connectivity index (χ0n) is 12.7. The normalized spacial score (nSPS) is 12.0. The summed E-state index contributed by atoms with van der Waals surface area (Å²) in [4.78, 5) is 26.1. The van der Waals surface area contributed by atoms with E-state index in [2.05, 4.69) is 0 Å². The van der Waals surface area contributed by atoms with Crippen LogP contribution in [0.5, 0.6) is 0 Å². The third-order valence-corrected chi connectivity index (χ3v) is 3.80. The Labute approximate surface area is 124 Å². The third kappa shape index (κ3) is 3.05. The lowest BCUT2D eigenvalue weighted by Crippen LogP contribution is -2.40. The Bertz CT molecular complexity index is 659. The smallest absolute Gasteiger partial charge is 0.289 e. The van der Waals surface area contributed by atoms with E-state index in [1.54, 1.807) is 32.2 Å². The van der Waals surface area contributed by atoms with E-state index < -0.39 is 6.04 Å². The number of hydrogen-bond donors (Lipinski definition) is 0. The van der Waals surface area contributed by atoms with Crippen LogP contribution in [0, 0.1) is 13.8 Å². The molecule has 0 bridgehead atoms. The van der Waals surface area contributed by atoms with Crippen LogP contribution in [-0.4, -0.2) is 29.7 Å². The van der Waals surface area contributed by atoms with Crippen molar-refractivity contribution in [1.29, 1.82) is 0 Å². The van der Waals surface area contributed by atoms with Crippen LogP contribution in [0.3, 0.4) is 0 Å². The van der Waals surface area contributed by atoms with Crippen LogP contribution in [0.1, 0.15) is 39.0 Å². The van der Waals surface area contributed by atoms with Crippen LogP contribution in [0.25, 0.3) is 0 Å². The zero-order chi connectivity index (χ0) is 15.6. The van der Waals surface area contributed by atoms with Gasteiger partial charge in [0.15, 0.2) is 11.5 Å². The number of rotatable bonds is 4. The number of likely N-dealkylation sites (N-methyl/N-ethyl adjacent to an activating group) is 1. The first-order chi connectivity index (χ1) is 9.91. The minimum absolute atomic E-state index is 0.0829. The lowest BCUT2D eigenvalue weighted by molar-refractivity contribution is 0.0651. The Morgan fingerprint density at radius 3 is 2.43 bits per heavy atom. The molecule has 0 radical (unpaired) electrons. The van der Waals surface area contributed by atoms with Gasteiger partial charge in [-0.1, -0.05) is 12.1 Å². The summed E-state index contributed by atoms with van der Waals surface area (Å²) < 4.78 is 5.08. The second-order valence-corrected chi connectivity index (χ2v) is 5.23. The number of hydrogen-bond acceptors (Lipinski definition) is 3. The molecule has 21 heavy (non-hydrogen) atoms. The van der Waals surface area contributed by atoms with Crippen LogP contribution in [0.15, 0.2) is 41.0 Å². The fourth-order valence-electron chi connectivity index (χ4n) is 2.06. The van der Waals surface area contributed by atoms with Crippen LogP contribution in [-0.2, 0) is 0 Å². The highest BCUT2D eigenvalue weighted by atomic mass is 16.3. The molecule has 0 saturated heterocycles. The Balaban J connectivity index is 2.18. The van der Waals surface area contributed by atoms with Crippen LogP contribution in [0.2, 0.25) is 0 Å². The van der Waals surface area contributed by atoms with Crippen molar-refractivity contribution in [2.45, 2.75) is 26.8 Å². The molecular formula is C17H19NO3. The number of furan rings is 1.